The molecule has 1 unspecified atom stereocenters. The zero-order chi connectivity index (χ0) is 24.8. The van der Waals surface area contributed by atoms with Crippen LogP contribution in [-0.4, -0.2) is 47.9 Å². The summed E-state index contributed by atoms with van der Waals surface area (Å²) in [4.78, 5) is 22.7. The molecule has 1 atom stereocenters. The maximum absolute atomic E-state index is 13.4. The van der Waals surface area contributed by atoms with Crippen LogP contribution in [0.3, 0.4) is 0 Å². The van der Waals surface area contributed by atoms with Gasteiger partial charge >= 0.3 is 6.18 Å². The molecule has 0 bridgehead atoms. The maximum Gasteiger partial charge on any atom is 0.417 e. The molecule has 0 saturated heterocycles. The number of carbonyl (C=O) groups is 1. The van der Waals surface area contributed by atoms with E-state index in [9.17, 15) is 18.0 Å². The molecule has 1 aromatic carbocycles. The Morgan fingerprint density at radius 1 is 1.27 bits per heavy atom. The Morgan fingerprint density at radius 2 is 1.97 bits per heavy atom. The SMILES string of the molecule is C=C(O/C(C)=N\C)c1c(C)cccc1C(=O)N(CC)C(C)COc1ccc(C(F)(F)F)cn1. The Balaban J connectivity index is 2.19. The maximum atomic E-state index is 13.4. The van der Waals surface area contributed by atoms with Crippen LogP contribution in [0.1, 0.15) is 47.8 Å². The van der Waals surface area contributed by atoms with Crippen molar-refractivity contribution < 1.29 is 27.4 Å². The number of pyridine rings is 1. The molecule has 0 radical (unpaired) electrons. The van der Waals surface area contributed by atoms with Gasteiger partial charge in [0.15, 0.2) is 5.90 Å². The molecule has 0 spiro atoms. The first-order valence-corrected chi connectivity index (χ1v) is 10.4. The van der Waals surface area contributed by atoms with Gasteiger partial charge in [-0.2, -0.15) is 13.2 Å². The van der Waals surface area contributed by atoms with Gasteiger partial charge in [-0.3, -0.25) is 9.79 Å². The first-order valence-electron chi connectivity index (χ1n) is 10.4. The molecule has 2 rings (SSSR count). The number of alkyl halides is 3. The minimum Gasteiger partial charge on any atom is -0.475 e. The summed E-state index contributed by atoms with van der Waals surface area (Å²) in [6.07, 6.45) is -3.75. The Morgan fingerprint density at radius 3 is 2.52 bits per heavy atom. The standard InChI is InChI=1S/C24H28F3N3O3/c1-7-30(16(3)14-32-21-12-11-19(13-29-21)24(25,26)27)23(31)20-10-8-9-15(2)22(20)17(4)33-18(5)28-6/h8-13,16H,4,7,14H2,1-3,5-6H3/b28-18-. The lowest BCUT2D eigenvalue weighted by molar-refractivity contribution is -0.137. The predicted octanol–water partition coefficient (Wildman–Crippen LogP) is 5.37. The number of hydrogen-bond acceptors (Lipinski definition) is 5. The summed E-state index contributed by atoms with van der Waals surface area (Å²) in [6, 6.07) is 7.02. The van der Waals surface area contributed by atoms with Crippen molar-refractivity contribution in [3.05, 3.63) is 65.4 Å². The summed E-state index contributed by atoms with van der Waals surface area (Å²) in [5, 5.41) is 0. The third-order valence-corrected chi connectivity index (χ3v) is 5.04. The van der Waals surface area contributed by atoms with Gasteiger partial charge in [-0.25, -0.2) is 4.98 Å². The van der Waals surface area contributed by atoms with Crippen molar-refractivity contribution in [3.8, 4) is 5.88 Å². The normalized spacial score (nSPS) is 12.8. The molecule has 33 heavy (non-hydrogen) atoms. The molecular formula is C24H28F3N3O3. The Hall–Kier alpha value is -3.36. The molecule has 1 aromatic heterocycles. The molecular weight excluding hydrogens is 435 g/mol. The Labute approximate surface area is 191 Å². The number of likely N-dealkylation sites (N-methyl/N-ethyl adjacent to an activating group) is 1. The van der Waals surface area contributed by atoms with E-state index in [0.29, 0.717) is 29.3 Å². The third kappa shape index (κ3) is 6.57. The van der Waals surface area contributed by atoms with E-state index in [1.54, 1.807) is 37.9 Å². The zero-order valence-electron chi connectivity index (χ0n) is 19.4. The number of halogens is 3. The second-order valence-corrected chi connectivity index (χ2v) is 7.40. The topological polar surface area (TPSA) is 64.0 Å². The summed E-state index contributed by atoms with van der Waals surface area (Å²) in [5.41, 5.74) is 0.974. The van der Waals surface area contributed by atoms with Crippen molar-refractivity contribution in [2.75, 3.05) is 20.2 Å². The number of amides is 1. The molecule has 9 heteroatoms. The van der Waals surface area contributed by atoms with Gasteiger partial charge in [-0.15, -0.1) is 0 Å². The average molecular weight is 464 g/mol. The number of rotatable bonds is 8. The summed E-state index contributed by atoms with van der Waals surface area (Å²) >= 11 is 0. The van der Waals surface area contributed by atoms with E-state index in [2.05, 4.69) is 16.6 Å². The van der Waals surface area contributed by atoms with Crippen LogP contribution >= 0.6 is 0 Å². The van der Waals surface area contributed by atoms with Gasteiger partial charge < -0.3 is 14.4 Å². The number of nitrogens with zero attached hydrogens (tertiary/aromatic N) is 3. The molecule has 1 heterocycles. The third-order valence-electron chi connectivity index (χ3n) is 5.04. The highest BCUT2D eigenvalue weighted by Crippen LogP contribution is 2.29. The van der Waals surface area contributed by atoms with Crippen LogP contribution in [0.15, 0.2) is 48.1 Å². The summed E-state index contributed by atoms with van der Waals surface area (Å²) in [5.74, 6) is 0.530. The van der Waals surface area contributed by atoms with Crippen molar-refractivity contribution in [2.24, 2.45) is 4.99 Å². The molecule has 1 amide bonds. The van der Waals surface area contributed by atoms with E-state index in [1.165, 1.54) is 0 Å². The van der Waals surface area contributed by atoms with Gasteiger partial charge in [-0.05, 0) is 38.5 Å². The molecule has 2 aromatic rings. The lowest BCUT2D eigenvalue weighted by atomic mass is 9.99. The van der Waals surface area contributed by atoms with E-state index >= 15 is 0 Å². The van der Waals surface area contributed by atoms with Gasteiger partial charge in [0.2, 0.25) is 5.88 Å². The van der Waals surface area contributed by atoms with E-state index < -0.39 is 11.7 Å². The fraction of sp³-hybridized carbons (Fsp3) is 0.375. The average Bonchev–Trinajstić information content (AvgIpc) is 2.77. The number of benzene rings is 1. The van der Waals surface area contributed by atoms with Gasteiger partial charge in [0.05, 0.1) is 17.2 Å². The van der Waals surface area contributed by atoms with E-state index in [-0.39, 0.29) is 24.4 Å². The second-order valence-electron chi connectivity index (χ2n) is 7.40. The molecule has 0 aliphatic heterocycles. The van der Waals surface area contributed by atoms with Crippen LogP contribution in [0.4, 0.5) is 13.2 Å². The highest BCUT2D eigenvalue weighted by atomic mass is 19.4. The fourth-order valence-electron chi connectivity index (χ4n) is 3.23. The minimum absolute atomic E-state index is 0.0469. The number of ether oxygens (including phenoxy) is 2. The van der Waals surface area contributed by atoms with E-state index in [0.717, 1.165) is 23.9 Å². The van der Waals surface area contributed by atoms with Crippen molar-refractivity contribution in [1.82, 2.24) is 9.88 Å². The van der Waals surface area contributed by atoms with Gasteiger partial charge in [0, 0.05) is 38.3 Å². The number of carbonyl (C=O) groups excluding carboxylic acids is 1. The lowest BCUT2D eigenvalue weighted by Gasteiger charge is -2.29. The summed E-state index contributed by atoms with van der Waals surface area (Å²) in [6.45, 7) is 11.6. The van der Waals surface area contributed by atoms with Crippen molar-refractivity contribution >= 4 is 17.6 Å². The van der Waals surface area contributed by atoms with Gasteiger partial charge in [-0.1, -0.05) is 18.7 Å². The fourth-order valence-corrected chi connectivity index (χ4v) is 3.23. The number of aliphatic imine (C=N–C) groups is 1. The Kier molecular flexibility index (Phi) is 8.62. The van der Waals surface area contributed by atoms with E-state index in [4.69, 9.17) is 9.47 Å². The predicted molar refractivity (Wildman–Crippen MR) is 121 cm³/mol. The quantitative estimate of drug-likeness (QED) is 0.300. The molecule has 0 saturated carbocycles. The Bertz CT molecular complexity index is 1020. The molecule has 0 aliphatic rings. The van der Waals surface area contributed by atoms with Crippen LogP contribution in [0.25, 0.3) is 5.76 Å². The highest BCUT2D eigenvalue weighted by Gasteiger charge is 2.31. The van der Waals surface area contributed by atoms with Crippen LogP contribution in [-0.2, 0) is 10.9 Å². The minimum atomic E-state index is -4.47. The smallest absolute Gasteiger partial charge is 0.417 e. The number of hydrogen-bond donors (Lipinski definition) is 0. The first kappa shape index (κ1) is 25.9. The highest BCUT2D eigenvalue weighted by molar-refractivity contribution is 6.00. The van der Waals surface area contributed by atoms with E-state index in [1.807, 2.05) is 19.9 Å². The molecule has 0 fully saturated rings. The zero-order valence-corrected chi connectivity index (χ0v) is 19.4. The lowest BCUT2D eigenvalue weighted by Crippen LogP contribution is -2.42. The summed E-state index contributed by atoms with van der Waals surface area (Å²) < 4.78 is 49.3. The van der Waals surface area contributed by atoms with Gasteiger partial charge in [0.1, 0.15) is 12.4 Å². The van der Waals surface area contributed by atoms with Crippen LogP contribution in [0, 0.1) is 6.92 Å². The molecule has 0 aliphatic carbocycles. The summed E-state index contributed by atoms with van der Waals surface area (Å²) in [7, 11) is 1.60. The molecule has 6 nitrogen and oxygen atoms in total. The van der Waals surface area contributed by atoms with Crippen molar-refractivity contribution in [2.45, 2.75) is 39.9 Å². The van der Waals surface area contributed by atoms with Crippen molar-refractivity contribution in [1.29, 1.82) is 0 Å². The monoisotopic (exact) mass is 463 g/mol. The molecule has 0 N–H and O–H groups in total. The van der Waals surface area contributed by atoms with Crippen molar-refractivity contribution in [3.63, 3.8) is 0 Å². The van der Waals surface area contributed by atoms with Gasteiger partial charge in [0.25, 0.3) is 5.91 Å². The largest absolute Gasteiger partial charge is 0.475 e. The van der Waals surface area contributed by atoms with Crippen LogP contribution < -0.4 is 4.74 Å². The number of aryl methyl sites for hydroxylation is 1. The number of aromatic nitrogens is 1. The van der Waals surface area contributed by atoms with Crippen LogP contribution in [0.2, 0.25) is 0 Å². The first-order chi connectivity index (χ1) is 15.5. The molecule has 178 valence electrons. The second kappa shape index (κ2) is 11.0. The van der Waals surface area contributed by atoms with Crippen LogP contribution in [0.5, 0.6) is 5.88 Å².